The lowest BCUT2D eigenvalue weighted by Gasteiger charge is -2.18. The maximum atomic E-state index is 12.9. The molecule has 0 aliphatic rings. The first-order valence-corrected chi connectivity index (χ1v) is 10.2. The number of carbonyl (C=O) groups excluding carboxylic acids is 1. The quantitative estimate of drug-likeness (QED) is 0.425. The van der Waals surface area contributed by atoms with Gasteiger partial charge in [0.2, 0.25) is 0 Å². The second-order valence-corrected chi connectivity index (χ2v) is 9.12. The molecule has 0 spiro atoms. The lowest BCUT2D eigenvalue weighted by molar-refractivity contribution is -0.148. The monoisotopic (exact) mass is 387 g/mol. The van der Waals surface area contributed by atoms with E-state index in [2.05, 4.69) is 6.58 Å². The maximum absolute atomic E-state index is 12.9. The van der Waals surface area contributed by atoms with Gasteiger partial charge in [-0.3, -0.25) is 0 Å². The van der Waals surface area contributed by atoms with Crippen LogP contribution in [0, 0.1) is 6.92 Å². The van der Waals surface area contributed by atoms with Crippen LogP contribution in [0.25, 0.3) is 11.8 Å². The summed E-state index contributed by atoms with van der Waals surface area (Å²) >= 11 is 0. The van der Waals surface area contributed by atoms with Crippen LogP contribution < -0.4 is 0 Å². The van der Waals surface area contributed by atoms with Crippen molar-refractivity contribution in [2.24, 2.45) is 0 Å². The largest absolute Gasteiger partial charge is 0.457 e. The molecular weight excluding hydrogens is 362 g/mol. The zero-order chi connectivity index (χ0) is 20.2. The molecule has 0 bridgehead atoms. The van der Waals surface area contributed by atoms with E-state index in [0.717, 1.165) is 11.3 Å². The van der Waals surface area contributed by atoms with Crippen LogP contribution in [-0.2, 0) is 19.4 Å². The number of rotatable bonds is 6. The summed E-state index contributed by atoms with van der Waals surface area (Å²) in [5, 5.41) is 0.130. The Hall–Kier alpha value is -2.60. The third kappa shape index (κ3) is 5.20. The Labute approximate surface area is 160 Å². The lowest BCUT2D eigenvalue weighted by Crippen LogP contribution is -2.22. The van der Waals surface area contributed by atoms with Crippen LogP contribution in [0.1, 0.15) is 31.9 Å². The van der Waals surface area contributed by atoms with E-state index in [4.69, 9.17) is 4.74 Å². The molecule has 1 aromatic heterocycles. The number of benzene rings is 1. The van der Waals surface area contributed by atoms with Gasteiger partial charge in [0, 0.05) is 23.5 Å². The van der Waals surface area contributed by atoms with E-state index in [-0.39, 0.29) is 10.8 Å². The van der Waals surface area contributed by atoms with Crippen molar-refractivity contribution < 1.29 is 17.9 Å². The second kappa shape index (κ2) is 7.96. The zero-order valence-electron chi connectivity index (χ0n) is 16.1. The highest BCUT2D eigenvalue weighted by atomic mass is 32.2. The van der Waals surface area contributed by atoms with Crippen molar-refractivity contribution in [3.05, 3.63) is 66.4 Å². The van der Waals surface area contributed by atoms with Gasteiger partial charge in [0.1, 0.15) is 10.6 Å². The van der Waals surface area contributed by atoms with Crippen LogP contribution in [0.2, 0.25) is 0 Å². The fourth-order valence-corrected chi connectivity index (χ4v) is 4.13. The van der Waals surface area contributed by atoms with Crippen molar-refractivity contribution in [3.8, 4) is 5.69 Å². The maximum Gasteiger partial charge on any atom is 0.331 e. The second-order valence-electron chi connectivity index (χ2n) is 7.17. The number of sulfone groups is 1. The Kier molecular flexibility index (Phi) is 6.11. The number of aromatic nitrogens is 1. The molecule has 0 radical (unpaired) electrons. The van der Waals surface area contributed by atoms with Gasteiger partial charge >= 0.3 is 5.97 Å². The Bertz CT molecular complexity index is 962. The Morgan fingerprint density at radius 1 is 1.22 bits per heavy atom. The number of carbonyl (C=O) groups is 1. The number of para-hydroxylation sites is 1. The van der Waals surface area contributed by atoms with Crippen molar-refractivity contribution >= 4 is 21.9 Å². The molecule has 0 atom stereocenters. The van der Waals surface area contributed by atoms with Crippen molar-refractivity contribution in [1.82, 2.24) is 4.57 Å². The van der Waals surface area contributed by atoms with Crippen LogP contribution >= 0.6 is 0 Å². The first-order valence-electron chi connectivity index (χ1n) is 8.57. The van der Waals surface area contributed by atoms with Gasteiger partial charge in [-0.2, -0.15) is 0 Å². The average molecular weight is 388 g/mol. The van der Waals surface area contributed by atoms with Crippen LogP contribution in [-0.4, -0.2) is 30.3 Å². The fourth-order valence-electron chi connectivity index (χ4n) is 2.64. The number of hydrogen-bond donors (Lipinski definition) is 0. The molecule has 0 N–H and O–H groups in total. The third-order valence-electron chi connectivity index (χ3n) is 3.66. The molecule has 2 aromatic rings. The molecular formula is C21H25NO4S. The topological polar surface area (TPSA) is 65.4 Å². The molecule has 144 valence electrons. The highest BCUT2D eigenvalue weighted by Gasteiger charge is 2.24. The van der Waals surface area contributed by atoms with Gasteiger partial charge in [-0.1, -0.05) is 24.3 Å². The Morgan fingerprint density at radius 3 is 2.41 bits per heavy atom. The van der Waals surface area contributed by atoms with E-state index in [1.54, 1.807) is 38.5 Å². The molecule has 0 saturated heterocycles. The minimum Gasteiger partial charge on any atom is -0.457 e. The van der Waals surface area contributed by atoms with E-state index in [9.17, 15) is 13.2 Å². The predicted octanol–water partition coefficient (Wildman–Crippen LogP) is 4.10. The number of ether oxygens (including phenoxy) is 1. The SMILES string of the molecule is C=CCS(=O)(=O)c1c(/C=C/C(=O)OC(C)(C)C)c(C)cn1-c1ccccc1. The van der Waals surface area contributed by atoms with Gasteiger partial charge in [-0.05, 0) is 51.5 Å². The van der Waals surface area contributed by atoms with Crippen LogP contribution in [0.5, 0.6) is 0 Å². The van der Waals surface area contributed by atoms with Crippen molar-refractivity contribution in [3.63, 3.8) is 0 Å². The highest BCUT2D eigenvalue weighted by Crippen LogP contribution is 2.28. The molecule has 0 fully saturated rings. The fraction of sp³-hybridized carbons (Fsp3) is 0.286. The van der Waals surface area contributed by atoms with E-state index in [1.165, 1.54) is 18.2 Å². The zero-order valence-corrected chi connectivity index (χ0v) is 16.9. The first kappa shape index (κ1) is 20.7. The van der Waals surface area contributed by atoms with Gasteiger partial charge in [-0.15, -0.1) is 6.58 Å². The van der Waals surface area contributed by atoms with Crippen molar-refractivity contribution in [2.45, 2.75) is 38.3 Å². The molecule has 0 aliphatic carbocycles. The molecule has 0 aliphatic heterocycles. The molecule has 2 rings (SSSR count). The van der Waals surface area contributed by atoms with E-state index >= 15 is 0 Å². The number of nitrogens with zero attached hydrogens (tertiary/aromatic N) is 1. The number of esters is 1. The summed E-state index contributed by atoms with van der Waals surface area (Å²) < 4.78 is 32.7. The standard InChI is InChI=1S/C21H25NO4S/c1-6-14-27(24,25)20-18(12-13-19(23)26-21(3,4)5)16(2)15-22(20)17-10-8-7-9-11-17/h6-13,15H,1,14H2,2-5H3/b13-12+. The predicted molar refractivity (Wildman–Crippen MR) is 108 cm³/mol. The molecule has 5 nitrogen and oxygen atoms in total. The molecule has 6 heteroatoms. The smallest absolute Gasteiger partial charge is 0.331 e. The van der Waals surface area contributed by atoms with Crippen molar-refractivity contribution in [1.29, 1.82) is 0 Å². The summed E-state index contributed by atoms with van der Waals surface area (Å²) in [6.07, 6.45) is 5.86. The minimum absolute atomic E-state index is 0.130. The molecule has 1 heterocycles. The lowest BCUT2D eigenvalue weighted by atomic mass is 10.2. The summed E-state index contributed by atoms with van der Waals surface area (Å²) in [6.45, 7) is 10.7. The normalized spacial score (nSPS) is 12.3. The van der Waals surface area contributed by atoms with E-state index in [1.807, 2.05) is 30.3 Å². The van der Waals surface area contributed by atoms with Gasteiger partial charge in [0.25, 0.3) is 0 Å². The van der Waals surface area contributed by atoms with Crippen LogP contribution in [0.4, 0.5) is 0 Å². The summed E-state index contributed by atoms with van der Waals surface area (Å²) in [4.78, 5) is 12.0. The average Bonchev–Trinajstić information content (AvgIpc) is 2.89. The minimum atomic E-state index is -3.64. The summed E-state index contributed by atoms with van der Waals surface area (Å²) in [5.74, 6) is -0.724. The molecule has 0 unspecified atom stereocenters. The van der Waals surface area contributed by atoms with Gasteiger partial charge < -0.3 is 9.30 Å². The Balaban J connectivity index is 2.59. The van der Waals surface area contributed by atoms with Crippen LogP contribution in [0.15, 0.2) is 60.3 Å². The van der Waals surface area contributed by atoms with Gasteiger partial charge in [-0.25, -0.2) is 13.2 Å². The number of aryl methyl sites for hydroxylation is 1. The van der Waals surface area contributed by atoms with Crippen LogP contribution in [0.3, 0.4) is 0 Å². The summed E-state index contributed by atoms with van der Waals surface area (Å²) in [7, 11) is -3.64. The molecule has 0 saturated carbocycles. The highest BCUT2D eigenvalue weighted by molar-refractivity contribution is 7.91. The first-order chi connectivity index (χ1) is 12.5. The van der Waals surface area contributed by atoms with E-state index < -0.39 is 21.4 Å². The Morgan fingerprint density at radius 2 is 1.85 bits per heavy atom. The summed E-state index contributed by atoms with van der Waals surface area (Å²) in [5.41, 5.74) is 1.30. The molecule has 27 heavy (non-hydrogen) atoms. The number of hydrogen-bond acceptors (Lipinski definition) is 4. The van der Waals surface area contributed by atoms with Gasteiger partial charge in [0.05, 0.1) is 5.75 Å². The van der Waals surface area contributed by atoms with E-state index in [0.29, 0.717) is 5.56 Å². The van der Waals surface area contributed by atoms with Gasteiger partial charge in [0.15, 0.2) is 9.84 Å². The molecule has 1 aromatic carbocycles. The van der Waals surface area contributed by atoms with Crippen molar-refractivity contribution in [2.75, 3.05) is 5.75 Å². The summed E-state index contributed by atoms with van der Waals surface area (Å²) in [6, 6.07) is 9.19. The molecule has 0 amide bonds. The third-order valence-corrected chi connectivity index (χ3v) is 5.34.